The second-order valence-electron chi connectivity index (χ2n) is 7.90. The highest BCUT2D eigenvalue weighted by molar-refractivity contribution is 5.79. The van der Waals surface area contributed by atoms with E-state index in [0.717, 1.165) is 37.3 Å². The molecule has 2 aliphatic heterocycles. The Bertz CT molecular complexity index is 1070. The molecule has 0 aliphatic carbocycles. The van der Waals surface area contributed by atoms with E-state index in [2.05, 4.69) is 22.2 Å². The normalized spacial score (nSPS) is 19.0. The zero-order valence-electron chi connectivity index (χ0n) is 17.9. The van der Waals surface area contributed by atoms with Crippen LogP contribution in [0.4, 0.5) is 18.9 Å². The summed E-state index contributed by atoms with van der Waals surface area (Å²) < 4.78 is 41.8. The number of hydrogen-bond acceptors (Lipinski definition) is 4. The molecule has 2 aliphatic rings. The Kier molecular flexibility index (Phi) is 6.63. The van der Waals surface area contributed by atoms with Crippen LogP contribution in [0.1, 0.15) is 22.3 Å². The Hall–Kier alpha value is -3.08. The lowest BCUT2D eigenvalue weighted by Crippen LogP contribution is -2.43. The SMILES string of the molecule is Cc1ccccc1C#CC1C=NC=CN1c1ccc(CN2CCNCC2)c(C(F)(F)F)c1. The largest absolute Gasteiger partial charge is 0.416 e. The predicted octanol–water partition coefficient (Wildman–Crippen LogP) is 4.20. The van der Waals surface area contributed by atoms with Gasteiger partial charge in [-0.15, -0.1) is 0 Å². The molecule has 0 saturated carbocycles. The van der Waals surface area contributed by atoms with E-state index in [4.69, 9.17) is 0 Å². The quantitative estimate of drug-likeness (QED) is 0.729. The van der Waals surface area contributed by atoms with Crippen molar-refractivity contribution in [2.24, 2.45) is 4.99 Å². The summed E-state index contributed by atoms with van der Waals surface area (Å²) in [7, 11) is 0. The van der Waals surface area contributed by atoms with Gasteiger partial charge in [-0.05, 0) is 36.2 Å². The molecule has 166 valence electrons. The fourth-order valence-electron chi connectivity index (χ4n) is 3.86. The van der Waals surface area contributed by atoms with E-state index in [9.17, 15) is 13.2 Å². The van der Waals surface area contributed by atoms with Gasteiger partial charge in [0, 0.05) is 62.6 Å². The third-order valence-corrected chi connectivity index (χ3v) is 5.64. The molecule has 1 atom stereocenters. The first-order valence-electron chi connectivity index (χ1n) is 10.6. The van der Waals surface area contributed by atoms with Crippen LogP contribution >= 0.6 is 0 Å². The Balaban J connectivity index is 1.63. The summed E-state index contributed by atoms with van der Waals surface area (Å²) >= 11 is 0. The fourth-order valence-corrected chi connectivity index (χ4v) is 3.86. The van der Waals surface area contributed by atoms with Crippen molar-refractivity contribution in [2.75, 3.05) is 31.1 Å². The van der Waals surface area contributed by atoms with Crippen molar-refractivity contribution in [1.82, 2.24) is 10.2 Å². The second kappa shape index (κ2) is 9.60. The lowest BCUT2D eigenvalue weighted by atomic mass is 10.0. The van der Waals surface area contributed by atoms with Crippen LogP contribution in [0.15, 0.2) is 59.9 Å². The van der Waals surface area contributed by atoms with E-state index < -0.39 is 17.8 Å². The van der Waals surface area contributed by atoms with Crippen molar-refractivity contribution in [2.45, 2.75) is 25.7 Å². The number of benzene rings is 2. The fraction of sp³-hybridized carbons (Fsp3) is 0.320. The van der Waals surface area contributed by atoms with E-state index in [1.165, 1.54) is 6.07 Å². The molecule has 4 nitrogen and oxygen atoms in total. The molecule has 1 N–H and O–H groups in total. The molecule has 2 aromatic rings. The van der Waals surface area contributed by atoms with Crippen molar-refractivity contribution in [3.05, 3.63) is 77.1 Å². The Morgan fingerprint density at radius 3 is 2.66 bits per heavy atom. The molecule has 0 spiro atoms. The maximum Gasteiger partial charge on any atom is 0.416 e. The number of halogens is 3. The van der Waals surface area contributed by atoms with E-state index >= 15 is 0 Å². The molecule has 2 heterocycles. The van der Waals surface area contributed by atoms with Crippen LogP contribution < -0.4 is 10.2 Å². The van der Waals surface area contributed by atoms with Gasteiger partial charge in [0.15, 0.2) is 0 Å². The monoisotopic (exact) mass is 438 g/mol. The van der Waals surface area contributed by atoms with Crippen molar-refractivity contribution >= 4 is 11.9 Å². The van der Waals surface area contributed by atoms with E-state index in [1.54, 1.807) is 35.6 Å². The third-order valence-electron chi connectivity index (χ3n) is 5.64. The van der Waals surface area contributed by atoms with E-state index in [0.29, 0.717) is 11.3 Å². The maximum absolute atomic E-state index is 13.9. The zero-order valence-corrected chi connectivity index (χ0v) is 17.9. The van der Waals surface area contributed by atoms with Crippen LogP contribution in [0, 0.1) is 18.8 Å². The molecule has 1 unspecified atom stereocenters. The van der Waals surface area contributed by atoms with Gasteiger partial charge in [0.1, 0.15) is 6.04 Å². The van der Waals surface area contributed by atoms with Gasteiger partial charge in [-0.1, -0.05) is 36.1 Å². The third kappa shape index (κ3) is 5.21. The first-order valence-corrected chi connectivity index (χ1v) is 10.6. The summed E-state index contributed by atoms with van der Waals surface area (Å²) in [6.07, 6.45) is 0.443. The molecular weight excluding hydrogens is 413 g/mol. The number of aliphatic imine (C=N–C) groups is 1. The minimum absolute atomic E-state index is 0.282. The summed E-state index contributed by atoms with van der Waals surface area (Å²) in [5.74, 6) is 6.29. The molecule has 0 radical (unpaired) electrons. The topological polar surface area (TPSA) is 30.9 Å². The Morgan fingerprint density at radius 1 is 1.12 bits per heavy atom. The van der Waals surface area contributed by atoms with Crippen LogP contribution in [-0.4, -0.2) is 43.3 Å². The molecule has 32 heavy (non-hydrogen) atoms. The van der Waals surface area contributed by atoms with Gasteiger partial charge in [0.25, 0.3) is 0 Å². The molecule has 0 amide bonds. The van der Waals surface area contributed by atoms with Gasteiger partial charge in [0.05, 0.1) is 5.56 Å². The van der Waals surface area contributed by atoms with Crippen molar-refractivity contribution in [1.29, 1.82) is 0 Å². The van der Waals surface area contributed by atoms with Gasteiger partial charge in [0.2, 0.25) is 0 Å². The Morgan fingerprint density at radius 2 is 1.91 bits per heavy atom. The number of nitrogens with one attached hydrogen (secondary N) is 1. The van der Waals surface area contributed by atoms with E-state index in [-0.39, 0.29) is 6.54 Å². The summed E-state index contributed by atoms with van der Waals surface area (Å²) in [6.45, 7) is 5.31. The standard InChI is InChI=1S/C25H25F3N4/c1-19-4-2-3-5-20(19)6-9-23-17-30-12-15-32(23)22-8-7-21(24(16-22)25(26,27)28)18-31-13-10-29-11-14-31/h2-5,7-8,12,15-17,23,29H,10-11,13-14,18H2,1H3. The van der Waals surface area contributed by atoms with Crippen LogP contribution in [0.3, 0.4) is 0 Å². The van der Waals surface area contributed by atoms with E-state index in [1.807, 2.05) is 36.1 Å². The molecule has 0 aromatic heterocycles. The summed E-state index contributed by atoms with van der Waals surface area (Å²) in [5.41, 5.74) is 2.06. The summed E-state index contributed by atoms with van der Waals surface area (Å²) in [4.78, 5) is 7.92. The van der Waals surface area contributed by atoms with Crippen LogP contribution in [-0.2, 0) is 12.7 Å². The number of alkyl halides is 3. The van der Waals surface area contributed by atoms with Gasteiger partial charge in [-0.25, -0.2) is 0 Å². The highest BCUT2D eigenvalue weighted by Gasteiger charge is 2.34. The first kappa shape index (κ1) is 22.1. The number of hydrogen-bond donors (Lipinski definition) is 1. The average molecular weight is 438 g/mol. The number of aryl methyl sites for hydroxylation is 1. The van der Waals surface area contributed by atoms with Gasteiger partial charge in [-0.3, -0.25) is 9.89 Å². The van der Waals surface area contributed by atoms with Crippen molar-refractivity contribution < 1.29 is 13.2 Å². The number of nitrogens with zero attached hydrogens (tertiary/aromatic N) is 3. The number of anilines is 1. The van der Waals surface area contributed by atoms with Crippen LogP contribution in [0.25, 0.3) is 0 Å². The smallest absolute Gasteiger partial charge is 0.327 e. The summed E-state index contributed by atoms with van der Waals surface area (Å²) in [6, 6.07) is 11.8. The summed E-state index contributed by atoms with van der Waals surface area (Å²) in [5, 5.41) is 3.23. The minimum atomic E-state index is -4.44. The highest BCUT2D eigenvalue weighted by atomic mass is 19.4. The average Bonchev–Trinajstić information content (AvgIpc) is 2.79. The van der Waals surface area contributed by atoms with Crippen molar-refractivity contribution in [3.8, 4) is 11.8 Å². The van der Waals surface area contributed by atoms with Crippen molar-refractivity contribution in [3.63, 3.8) is 0 Å². The predicted molar refractivity (Wildman–Crippen MR) is 122 cm³/mol. The molecular formula is C25H25F3N4. The molecule has 4 rings (SSSR count). The first-order chi connectivity index (χ1) is 15.4. The van der Waals surface area contributed by atoms with Crippen LogP contribution in [0.5, 0.6) is 0 Å². The zero-order chi connectivity index (χ0) is 22.6. The van der Waals surface area contributed by atoms with Gasteiger partial charge >= 0.3 is 6.18 Å². The lowest BCUT2D eigenvalue weighted by molar-refractivity contribution is -0.138. The minimum Gasteiger partial charge on any atom is -0.327 e. The second-order valence-corrected chi connectivity index (χ2v) is 7.90. The molecule has 7 heteroatoms. The number of piperazine rings is 1. The van der Waals surface area contributed by atoms with Gasteiger partial charge < -0.3 is 10.2 Å². The lowest BCUT2D eigenvalue weighted by Gasteiger charge is -2.30. The molecule has 1 fully saturated rings. The highest BCUT2D eigenvalue weighted by Crippen LogP contribution is 2.36. The molecule has 2 aromatic carbocycles. The van der Waals surface area contributed by atoms with Gasteiger partial charge in [-0.2, -0.15) is 13.2 Å². The van der Waals surface area contributed by atoms with Crippen LogP contribution in [0.2, 0.25) is 0 Å². The molecule has 1 saturated heterocycles. The molecule has 0 bridgehead atoms. The number of rotatable bonds is 3. The Labute approximate surface area is 186 Å². The maximum atomic E-state index is 13.9.